The highest BCUT2D eigenvalue weighted by Crippen LogP contribution is 2.76. The maximum Gasteiger partial charge on any atom is 0.309 e. The van der Waals surface area contributed by atoms with E-state index in [4.69, 9.17) is 10.5 Å². The van der Waals surface area contributed by atoms with E-state index in [0.29, 0.717) is 42.7 Å². The third-order valence-corrected chi connectivity index (χ3v) is 19.2. The molecule has 0 spiro atoms. The number of allylic oxidation sites excluding steroid dienone is 1. The average molecular weight is 760 g/mol. The van der Waals surface area contributed by atoms with Crippen LogP contribution in [0, 0.1) is 56.7 Å². The predicted octanol–water partition coefficient (Wildman–Crippen LogP) is 6.84. The monoisotopic (exact) mass is 760 g/mol. The van der Waals surface area contributed by atoms with Crippen molar-refractivity contribution in [1.29, 1.82) is 0 Å². The fourth-order valence-electron chi connectivity index (χ4n) is 14.3. The second-order valence-corrected chi connectivity index (χ2v) is 23.3. The molecule has 5 aliphatic carbocycles. The SMILES string of the molecule is C=C(C)[C@@H]1CC[C@]2(NC[C@H]([C@@H](C)N)N3CCS(=O)(=O)CC3)CC[C@]3(C)[C@H](CC[C@@H]4[C@@]5(C)CC[C@H](OC(=O)CC(C)(C)C(=O)O)C(C)(C)[C@@H]5CC[C@]43C)[C@@H]12. The van der Waals surface area contributed by atoms with Crippen LogP contribution in [0.1, 0.15) is 133 Å². The van der Waals surface area contributed by atoms with Crippen LogP contribution in [0.15, 0.2) is 12.2 Å². The smallest absolute Gasteiger partial charge is 0.309 e. The summed E-state index contributed by atoms with van der Waals surface area (Å²) in [6.45, 7) is 26.5. The third kappa shape index (κ3) is 6.77. The highest BCUT2D eigenvalue weighted by molar-refractivity contribution is 7.91. The summed E-state index contributed by atoms with van der Waals surface area (Å²) in [5, 5.41) is 13.9. The first kappa shape index (κ1) is 41.2. The highest BCUT2D eigenvalue weighted by Gasteiger charge is 2.71. The van der Waals surface area contributed by atoms with Gasteiger partial charge in [0.25, 0.3) is 0 Å². The van der Waals surface area contributed by atoms with Gasteiger partial charge < -0.3 is 20.9 Å². The Morgan fingerprint density at radius 2 is 1.60 bits per heavy atom. The van der Waals surface area contributed by atoms with Gasteiger partial charge in [-0.15, -0.1) is 0 Å². The number of ether oxygens (including phenoxy) is 1. The van der Waals surface area contributed by atoms with Crippen LogP contribution in [-0.2, 0) is 24.2 Å². The van der Waals surface area contributed by atoms with E-state index in [1.165, 1.54) is 37.7 Å². The van der Waals surface area contributed by atoms with Gasteiger partial charge in [-0.2, -0.15) is 0 Å². The molecule has 0 aromatic carbocycles. The van der Waals surface area contributed by atoms with Crippen molar-refractivity contribution in [2.75, 3.05) is 31.1 Å². The number of fused-ring (bicyclic) bond motifs is 7. The number of carbonyl (C=O) groups excluding carboxylic acids is 1. The Balaban J connectivity index is 1.23. The summed E-state index contributed by atoms with van der Waals surface area (Å²) in [4.78, 5) is 27.2. The molecule has 6 rings (SSSR count). The lowest BCUT2D eigenvalue weighted by molar-refractivity contribution is -0.246. The van der Waals surface area contributed by atoms with E-state index in [9.17, 15) is 23.1 Å². The summed E-state index contributed by atoms with van der Waals surface area (Å²) in [6.07, 6.45) is 10.9. The molecule has 0 aromatic heterocycles. The van der Waals surface area contributed by atoms with Crippen LogP contribution < -0.4 is 11.1 Å². The number of sulfone groups is 1. The Morgan fingerprint density at radius 1 is 0.943 bits per heavy atom. The van der Waals surface area contributed by atoms with E-state index in [2.05, 4.69) is 65.3 Å². The van der Waals surface area contributed by atoms with Crippen molar-refractivity contribution < 1.29 is 27.9 Å². The Hall–Kier alpha value is -1.49. The van der Waals surface area contributed by atoms with Crippen LogP contribution >= 0.6 is 0 Å². The largest absolute Gasteiger partial charge is 0.481 e. The molecular weight excluding hydrogens is 687 g/mol. The van der Waals surface area contributed by atoms with Crippen molar-refractivity contribution in [2.45, 2.75) is 157 Å². The van der Waals surface area contributed by atoms with Gasteiger partial charge in [0.1, 0.15) is 6.10 Å². The molecule has 1 aliphatic heterocycles. The van der Waals surface area contributed by atoms with Gasteiger partial charge in [-0.25, -0.2) is 8.42 Å². The Morgan fingerprint density at radius 3 is 2.21 bits per heavy atom. The molecule has 6 aliphatic rings. The van der Waals surface area contributed by atoms with E-state index in [1.807, 2.05) is 0 Å². The number of nitrogens with two attached hydrogens (primary N) is 1. The fraction of sp³-hybridized carbons (Fsp3) is 0.907. The van der Waals surface area contributed by atoms with Crippen molar-refractivity contribution in [2.24, 2.45) is 62.4 Å². The molecule has 0 radical (unpaired) electrons. The molecule has 0 bridgehead atoms. The zero-order valence-electron chi connectivity index (χ0n) is 34.6. The highest BCUT2D eigenvalue weighted by atomic mass is 32.2. The summed E-state index contributed by atoms with van der Waals surface area (Å²) in [5.74, 6) is 1.66. The molecule has 1 saturated heterocycles. The molecule has 12 atom stereocenters. The Kier molecular flexibility index (Phi) is 10.8. The van der Waals surface area contributed by atoms with Crippen molar-refractivity contribution >= 4 is 21.8 Å². The number of hydrogen-bond donors (Lipinski definition) is 3. The lowest BCUT2D eigenvalue weighted by Crippen LogP contribution is -2.69. The third-order valence-electron chi connectivity index (χ3n) is 17.6. The lowest BCUT2D eigenvalue weighted by atomic mass is 9.32. The molecule has 302 valence electrons. The van der Waals surface area contributed by atoms with Crippen LogP contribution in [0.25, 0.3) is 0 Å². The maximum atomic E-state index is 13.1. The van der Waals surface area contributed by atoms with Crippen LogP contribution in [0.4, 0.5) is 0 Å². The number of carbonyl (C=O) groups is 2. The average Bonchev–Trinajstić information content (AvgIpc) is 3.43. The summed E-state index contributed by atoms with van der Waals surface area (Å²) < 4.78 is 30.7. The second kappa shape index (κ2) is 13.9. The van der Waals surface area contributed by atoms with E-state index < -0.39 is 27.2 Å². The van der Waals surface area contributed by atoms with Gasteiger partial charge in [-0.05, 0) is 138 Å². The van der Waals surface area contributed by atoms with Gasteiger partial charge in [0.05, 0.1) is 23.3 Å². The second-order valence-electron chi connectivity index (χ2n) is 21.0. The molecule has 9 nitrogen and oxygen atoms in total. The summed E-state index contributed by atoms with van der Waals surface area (Å²) >= 11 is 0. The van der Waals surface area contributed by atoms with Gasteiger partial charge in [0.2, 0.25) is 0 Å². The van der Waals surface area contributed by atoms with Gasteiger partial charge in [-0.1, -0.05) is 46.8 Å². The molecule has 1 heterocycles. The van der Waals surface area contributed by atoms with Crippen LogP contribution in [0.3, 0.4) is 0 Å². The minimum absolute atomic E-state index is 0.0340. The number of nitrogens with one attached hydrogen (secondary N) is 1. The summed E-state index contributed by atoms with van der Waals surface area (Å²) in [6, 6.07) is 0.0395. The van der Waals surface area contributed by atoms with Crippen molar-refractivity contribution in [1.82, 2.24) is 10.2 Å². The number of carboxylic acids is 1. The quantitative estimate of drug-likeness (QED) is 0.161. The number of carboxylic acid groups (broad SMARTS) is 1. The van der Waals surface area contributed by atoms with E-state index in [1.54, 1.807) is 13.8 Å². The molecule has 5 saturated carbocycles. The topological polar surface area (TPSA) is 139 Å². The van der Waals surface area contributed by atoms with Crippen LogP contribution in [0.2, 0.25) is 0 Å². The first-order valence-corrected chi connectivity index (χ1v) is 22.8. The standard InChI is InChI=1S/C43H73N3O6S/c1-27(2)29-13-18-43(45-26-31(28(3)44)46-21-23-53(50,51)24-22-46)20-19-41(9)30(36(29)43)11-12-33-40(8)16-15-34(52-35(47)25-38(4,5)37(48)49)39(6,7)32(40)14-17-42(33,41)10/h28-34,36,45H,1,11-26,44H2,2-10H3,(H,48,49)/t28-,29+,30-,31-,32+,33-,34+,36-,40+,41-,42-,43+/m1/s1. The normalized spacial score (nSPS) is 43.3. The predicted molar refractivity (Wildman–Crippen MR) is 211 cm³/mol. The minimum atomic E-state index is -2.96. The molecule has 10 heteroatoms. The van der Waals surface area contributed by atoms with Crippen LogP contribution in [0.5, 0.6) is 0 Å². The maximum absolute atomic E-state index is 13.1. The number of hydrogen-bond acceptors (Lipinski definition) is 8. The van der Waals surface area contributed by atoms with Gasteiger partial charge in [-0.3, -0.25) is 14.5 Å². The Labute approximate surface area is 321 Å². The number of nitrogens with zero attached hydrogens (tertiary/aromatic N) is 1. The van der Waals surface area contributed by atoms with E-state index >= 15 is 0 Å². The first-order valence-electron chi connectivity index (χ1n) is 21.0. The molecule has 0 amide bonds. The lowest BCUT2D eigenvalue weighted by Gasteiger charge is -2.73. The number of rotatable bonds is 10. The molecule has 4 N–H and O–H groups in total. The molecule has 0 aromatic rings. The van der Waals surface area contributed by atoms with Crippen molar-refractivity contribution in [3.05, 3.63) is 12.2 Å². The number of esters is 1. The molecule has 6 fully saturated rings. The van der Waals surface area contributed by atoms with E-state index in [0.717, 1.165) is 38.6 Å². The Bertz CT molecular complexity index is 1550. The zero-order chi connectivity index (χ0) is 39.2. The fourth-order valence-corrected chi connectivity index (χ4v) is 15.5. The van der Waals surface area contributed by atoms with Gasteiger partial charge >= 0.3 is 11.9 Å². The molecular formula is C43H73N3O6S. The van der Waals surface area contributed by atoms with Gasteiger partial charge in [0.15, 0.2) is 9.84 Å². The minimum Gasteiger partial charge on any atom is -0.481 e. The van der Waals surface area contributed by atoms with E-state index in [-0.39, 0.29) is 63.3 Å². The molecule has 0 unspecified atom stereocenters. The molecule has 53 heavy (non-hydrogen) atoms. The van der Waals surface area contributed by atoms with Crippen LogP contribution in [-0.4, -0.2) is 85.2 Å². The van der Waals surface area contributed by atoms with Gasteiger partial charge in [0, 0.05) is 42.7 Å². The number of aliphatic carboxylic acids is 1. The first-order chi connectivity index (χ1) is 24.4. The summed E-state index contributed by atoms with van der Waals surface area (Å²) in [7, 11) is -2.96. The van der Waals surface area contributed by atoms with Crippen molar-refractivity contribution in [3.63, 3.8) is 0 Å². The summed E-state index contributed by atoms with van der Waals surface area (Å²) in [5.41, 5.74) is 7.15. The van der Waals surface area contributed by atoms with Crippen molar-refractivity contribution in [3.8, 4) is 0 Å². The zero-order valence-corrected chi connectivity index (χ0v) is 35.4.